The Hall–Kier alpha value is -1.32. The molecule has 0 aliphatic heterocycles. The highest BCUT2D eigenvalue weighted by atomic mass is 16.1. The molecular formula is C15H27N3O. The molecule has 0 spiro atoms. The van der Waals surface area contributed by atoms with Gasteiger partial charge in [0.15, 0.2) is 0 Å². The number of hydrogen-bond donors (Lipinski definition) is 2. The summed E-state index contributed by atoms with van der Waals surface area (Å²) >= 11 is 0. The number of carbonyl (C=O) groups excluding carboxylic acids is 1. The lowest BCUT2D eigenvalue weighted by molar-refractivity contribution is -0.122. The van der Waals surface area contributed by atoms with Crippen LogP contribution in [0.15, 0.2) is 12.4 Å². The number of aromatic amines is 1. The van der Waals surface area contributed by atoms with Gasteiger partial charge in [-0.05, 0) is 12.8 Å². The van der Waals surface area contributed by atoms with Gasteiger partial charge in [0.1, 0.15) is 5.82 Å². The first-order chi connectivity index (χ1) is 9.27. The van der Waals surface area contributed by atoms with Gasteiger partial charge in [0.25, 0.3) is 0 Å². The topological polar surface area (TPSA) is 57.8 Å². The maximum atomic E-state index is 11.8. The zero-order valence-corrected chi connectivity index (χ0v) is 12.2. The molecule has 0 saturated carbocycles. The van der Waals surface area contributed by atoms with E-state index in [2.05, 4.69) is 29.1 Å². The number of carbonyl (C=O) groups is 1. The van der Waals surface area contributed by atoms with Crippen LogP contribution >= 0.6 is 0 Å². The third-order valence-electron chi connectivity index (χ3n) is 3.35. The summed E-state index contributed by atoms with van der Waals surface area (Å²) in [5.41, 5.74) is 0. The summed E-state index contributed by atoms with van der Waals surface area (Å²) < 4.78 is 0. The monoisotopic (exact) mass is 265 g/mol. The Balaban J connectivity index is 2.16. The molecular weight excluding hydrogens is 238 g/mol. The Morgan fingerprint density at radius 3 is 2.63 bits per heavy atom. The molecule has 0 aliphatic rings. The second-order valence-electron chi connectivity index (χ2n) is 5.02. The minimum atomic E-state index is 0.0163. The summed E-state index contributed by atoms with van der Waals surface area (Å²) in [6, 6.07) is 0.0163. The van der Waals surface area contributed by atoms with Crippen LogP contribution in [0.4, 0.5) is 0 Å². The lowest BCUT2D eigenvalue weighted by Gasteiger charge is -2.14. The Labute approximate surface area is 116 Å². The van der Waals surface area contributed by atoms with Gasteiger partial charge in [-0.3, -0.25) is 4.79 Å². The molecule has 1 amide bonds. The molecule has 1 rings (SSSR count). The van der Waals surface area contributed by atoms with Crippen LogP contribution in [0.3, 0.4) is 0 Å². The Morgan fingerprint density at radius 2 is 2.00 bits per heavy atom. The van der Waals surface area contributed by atoms with Crippen LogP contribution in [0.1, 0.15) is 77.1 Å². The van der Waals surface area contributed by atoms with Crippen molar-refractivity contribution in [3.05, 3.63) is 18.2 Å². The van der Waals surface area contributed by atoms with E-state index in [0.717, 1.165) is 25.1 Å². The van der Waals surface area contributed by atoms with Gasteiger partial charge in [-0.25, -0.2) is 4.98 Å². The summed E-state index contributed by atoms with van der Waals surface area (Å²) in [4.78, 5) is 19.1. The van der Waals surface area contributed by atoms with E-state index in [4.69, 9.17) is 0 Å². The first kappa shape index (κ1) is 15.7. The van der Waals surface area contributed by atoms with Crippen molar-refractivity contribution < 1.29 is 4.79 Å². The number of amides is 1. The molecule has 0 fully saturated rings. The van der Waals surface area contributed by atoms with Crippen molar-refractivity contribution in [2.24, 2.45) is 0 Å². The summed E-state index contributed by atoms with van der Waals surface area (Å²) in [7, 11) is 0. The molecule has 4 nitrogen and oxygen atoms in total. The van der Waals surface area contributed by atoms with E-state index >= 15 is 0 Å². The Bertz CT molecular complexity index is 335. The number of rotatable bonds is 10. The fraction of sp³-hybridized carbons (Fsp3) is 0.733. The summed E-state index contributed by atoms with van der Waals surface area (Å²) in [6.45, 7) is 4.27. The molecule has 1 atom stereocenters. The van der Waals surface area contributed by atoms with Gasteiger partial charge in [-0.1, -0.05) is 46.0 Å². The maximum absolute atomic E-state index is 11.8. The van der Waals surface area contributed by atoms with Crippen molar-refractivity contribution in [2.45, 2.75) is 71.3 Å². The highest BCUT2D eigenvalue weighted by Crippen LogP contribution is 2.12. The lowest BCUT2D eigenvalue weighted by Crippen LogP contribution is -2.28. The van der Waals surface area contributed by atoms with Gasteiger partial charge in [0, 0.05) is 18.8 Å². The second-order valence-corrected chi connectivity index (χ2v) is 5.02. The van der Waals surface area contributed by atoms with E-state index in [1.165, 1.54) is 25.7 Å². The van der Waals surface area contributed by atoms with Crippen LogP contribution in [0.25, 0.3) is 0 Å². The van der Waals surface area contributed by atoms with Crippen molar-refractivity contribution >= 4 is 5.91 Å². The predicted octanol–water partition coefficient (Wildman–Crippen LogP) is 3.73. The van der Waals surface area contributed by atoms with E-state index < -0.39 is 0 Å². The van der Waals surface area contributed by atoms with Gasteiger partial charge < -0.3 is 10.3 Å². The zero-order valence-electron chi connectivity index (χ0n) is 12.2. The Morgan fingerprint density at radius 1 is 1.26 bits per heavy atom. The molecule has 2 N–H and O–H groups in total. The average molecular weight is 265 g/mol. The Kier molecular flexibility index (Phi) is 7.94. The smallest absolute Gasteiger partial charge is 0.220 e. The van der Waals surface area contributed by atoms with Crippen LogP contribution < -0.4 is 5.32 Å². The van der Waals surface area contributed by atoms with Crippen LogP contribution in [-0.4, -0.2) is 15.9 Å². The summed E-state index contributed by atoms with van der Waals surface area (Å²) in [5.74, 6) is 0.984. The van der Waals surface area contributed by atoms with Crippen LogP contribution in [0, 0.1) is 0 Å². The van der Waals surface area contributed by atoms with Crippen molar-refractivity contribution in [2.75, 3.05) is 0 Å². The van der Waals surface area contributed by atoms with Crippen molar-refractivity contribution in [1.29, 1.82) is 0 Å². The van der Waals surface area contributed by atoms with Gasteiger partial charge >= 0.3 is 0 Å². The SMILES string of the molecule is CCCCCCCCC(=O)NC(CC)c1ncc[nH]1. The van der Waals surface area contributed by atoms with E-state index in [1.54, 1.807) is 12.4 Å². The highest BCUT2D eigenvalue weighted by molar-refractivity contribution is 5.76. The zero-order chi connectivity index (χ0) is 13.9. The fourth-order valence-corrected chi connectivity index (χ4v) is 2.16. The predicted molar refractivity (Wildman–Crippen MR) is 77.8 cm³/mol. The normalized spacial score (nSPS) is 12.3. The van der Waals surface area contributed by atoms with Gasteiger partial charge in [-0.2, -0.15) is 0 Å². The standard InChI is InChI=1S/C15H27N3O/c1-3-5-6-7-8-9-10-14(19)18-13(4-2)15-16-11-12-17-15/h11-13H,3-10H2,1-2H3,(H,16,17)(H,18,19). The van der Waals surface area contributed by atoms with Gasteiger partial charge in [0.2, 0.25) is 5.91 Å². The molecule has 1 aromatic heterocycles. The molecule has 0 aromatic carbocycles. The molecule has 108 valence electrons. The number of nitrogens with zero attached hydrogens (tertiary/aromatic N) is 1. The molecule has 0 bridgehead atoms. The maximum Gasteiger partial charge on any atom is 0.220 e. The van der Waals surface area contributed by atoms with E-state index in [0.29, 0.717) is 6.42 Å². The number of hydrogen-bond acceptors (Lipinski definition) is 2. The first-order valence-corrected chi connectivity index (χ1v) is 7.56. The summed E-state index contributed by atoms with van der Waals surface area (Å²) in [6.07, 6.45) is 12.3. The van der Waals surface area contributed by atoms with E-state index in [1.807, 2.05) is 0 Å². The molecule has 4 heteroatoms. The van der Waals surface area contributed by atoms with Crippen molar-refractivity contribution in [1.82, 2.24) is 15.3 Å². The fourth-order valence-electron chi connectivity index (χ4n) is 2.16. The van der Waals surface area contributed by atoms with E-state index in [9.17, 15) is 4.79 Å². The third-order valence-corrected chi connectivity index (χ3v) is 3.35. The first-order valence-electron chi connectivity index (χ1n) is 7.56. The van der Waals surface area contributed by atoms with Crippen LogP contribution in [-0.2, 0) is 4.79 Å². The van der Waals surface area contributed by atoms with Crippen molar-refractivity contribution in [3.8, 4) is 0 Å². The molecule has 1 heterocycles. The largest absolute Gasteiger partial charge is 0.347 e. The molecule has 19 heavy (non-hydrogen) atoms. The molecule has 1 aromatic rings. The molecule has 0 aliphatic carbocycles. The van der Waals surface area contributed by atoms with E-state index in [-0.39, 0.29) is 11.9 Å². The number of aromatic nitrogens is 2. The van der Waals surface area contributed by atoms with Crippen LogP contribution in [0.5, 0.6) is 0 Å². The lowest BCUT2D eigenvalue weighted by atomic mass is 10.1. The number of imidazole rings is 1. The van der Waals surface area contributed by atoms with Gasteiger partial charge in [0.05, 0.1) is 6.04 Å². The quantitative estimate of drug-likeness (QED) is 0.633. The average Bonchev–Trinajstić information content (AvgIpc) is 2.94. The number of nitrogens with one attached hydrogen (secondary N) is 2. The number of unbranched alkanes of at least 4 members (excludes halogenated alkanes) is 5. The third kappa shape index (κ3) is 6.41. The van der Waals surface area contributed by atoms with Gasteiger partial charge in [-0.15, -0.1) is 0 Å². The minimum absolute atomic E-state index is 0.0163. The molecule has 1 unspecified atom stereocenters. The summed E-state index contributed by atoms with van der Waals surface area (Å²) in [5, 5.41) is 3.04. The number of H-pyrrole nitrogens is 1. The molecule has 0 saturated heterocycles. The molecule has 0 radical (unpaired) electrons. The second kappa shape index (κ2) is 9.59. The minimum Gasteiger partial charge on any atom is -0.347 e. The highest BCUT2D eigenvalue weighted by Gasteiger charge is 2.13. The van der Waals surface area contributed by atoms with Crippen LogP contribution in [0.2, 0.25) is 0 Å². The van der Waals surface area contributed by atoms with Crippen molar-refractivity contribution in [3.63, 3.8) is 0 Å².